The van der Waals surface area contributed by atoms with Gasteiger partial charge in [0.25, 0.3) is 0 Å². The Balaban J connectivity index is 2.11. The lowest BCUT2D eigenvalue weighted by Crippen LogP contribution is -1.82. The number of rotatable bonds is 2. The van der Waals surface area contributed by atoms with Gasteiger partial charge in [0.15, 0.2) is 0 Å². The molecule has 1 aromatic rings. The fraction of sp³-hybridized carbons (Fsp3) is 0.500. The third-order valence-corrected chi connectivity index (χ3v) is 1.81. The van der Waals surface area contributed by atoms with Gasteiger partial charge in [-0.2, -0.15) is 4.91 Å². The fourth-order valence-electron chi connectivity index (χ4n) is 1.10. The summed E-state index contributed by atoms with van der Waals surface area (Å²) in [6, 6.07) is 0.000417. The Hall–Kier alpha value is -1.19. The molecule has 1 aliphatic carbocycles. The van der Waals surface area contributed by atoms with E-state index in [2.05, 4.69) is 15.1 Å². The van der Waals surface area contributed by atoms with Crippen LogP contribution < -0.4 is 0 Å². The molecule has 1 saturated carbocycles. The van der Waals surface area contributed by atoms with Crippen LogP contribution in [0.4, 0.5) is 0 Å². The molecular formula is C6H7N3O. The van der Waals surface area contributed by atoms with Crippen molar-refractivity contribution in [3.05, 3.63) is 23.1 Å². The van der Waals surface area contributed by atoms with Crippen molar-refractivity contribution in [3.63, 3.8) is 0 Å². The van der Waals surface area contributed by atoms with Gasteiger partial charge >= 0.3 is 0 Å². The summed E-state index contributed by atoms with van der Waals surface area (Å²) in [6.45, 7) is 0. The highest BCUT2D eigenvalue weighted by Crippen LogP contribution is 2.41. The van der Waals surface area contributed by atoms with Crippen LogP contribution in [0.3, 0.4) is 0 Å². The predicted octanol–water partition coefficient (Wildman–Crippen LogP) is 1.03. The molecule has 4 nitrogen and oxygen atoms in total. The van der Waals surface area contributed by atoms with E-state index in [0.717, 1.165) is 12.1 Å². The van der Waals surface area contributed by atoms with Crippen LogP contribution in [0.2, 0.25) is 0 Å². The van der Waals surface area contributed by atoms with Crippen LogP contribution in [-0.4, -0.2) is 16.0 Å². The highest BCUT2D eigenvalue weighted by atomic mass is 16.3. The lowest BCUT2D eigenvalue weighted by atomic mass is 10.3. The van der Waals surface area contributed by atoms with Gasteiger partial charge in [-0.25, -0.2) is 4.98 Å². The molecule has 1 fully saturated rings. The van der Waals surface area contributed by atoms with E-state index in [9.17, 15) is 4.91 Å². The SMILES string of the molecule is O=NC1CC1c1cnc[nH]1. The average Bonchev–Trinajstić information content (AvgIpc) is 2.56. The van der Waals surface area contributed by atoms with Crippen LogP contribution in [0, 0.1) is 4.91 Å². The van der Waals surface area contributed by atoms with Crippen LogP contribution >= 0.6 is 0 Å². The molecule has 2 unspecified atom stereocenters. The minimum atomic E-state index is 0.000417. The van der Waals surface area contributed by atoms with Crippen LogP contribution in [0.5, 0.6) is 0 Å². The summed E-state index contributed by atoms with van der Waals surface area (Å²) in [5, 5.41) is 2.94. The van der Waals surface area contributed by atoms with Gasteiger partial charge in [0, 0.05) is 17.8 Å². The standard InChI is InChI=1S/C6H7N3O/c10-9-5-1-4(5)6-2-7-3-8-6/h2-5H,1H2,(H,7,8). The molecule has 1 aromatic heterocycles. The zero-order chi connectivity index (χ0) is 6.97. The summed E-state index contributed by atoms with van der Waals surface area (Å²) in [6.07, 6.45) is 4.25. The maximum absolute atomic E-state index is 9.99. The molecule has 2 rings (SSSR count). The Bertz CT molecular complexity index is 231. The van der Waals surface area contributed by atoms with Gasteiger partial charge in [-0.3, -0.25) is 0 Å². The van der Waals surface area contributed by atoms with Gasteiger partial charge in [0.2, 0.25) is 0 Å². The zero-order valence-corrected chi connectivity index (χ0v) is 5.32. The molecule has 0 aromatic carbocycles. The minimum Gasteiger partial charge on any atom is -0.348 e. The lowest BCUT2D eigenvalue weighted by molar-refractivity contribution is 0.951. The van der Waals surface area contributed by atoms with Crippen molar-refractivity contribution in [1.82, 2.24) is 9.97 Å². The first-order chi connectivity index (χ1) is 4.92. The molecule has 0 amide bonds. The number of hydrogen-bond acceptors (Lipinski definition) is 3. The quantitative estimate of drug-likeness (QED) is 0.619. The normalized spacial score (nSPS) is 30.0. The molecule has 1 heterocycles. The number of nitrogens with zero attached hydrogens (tertiary/aromatic N) is 2. The van der Waals surface area contributed by atoms with Crippen molar-refractivity contribution in [2.75, 3.05) is 0 Å². The molecule has 52 valence electrons. The van der Waals surface area contributed by atoms with Crippen molar-refractivity contribution >= 4 is 0 Å². The summed E-state index contributed by atoms with van der Waals surface area (Å²) < 4.78 is 0. The topological polar surface area (TPSA) is 58.1 Å². The monoisotopic (exact) mass is 137 g/mol. The smallest absolute Gasteiger partial charge is 0.101 e. The number of imidazole rings is 1. The second kappa shape index (κ2) is 1.90. The number of nitrogens with one attached hydrogen (secondary N) is 1. The molecule has 4 heteroatoms. The van der Waals surface area contributed by atoms with E-state index in [4.69, 9.17) is 0 Å². The summed E-state index contributed by atoms with van der Waals surface area (Å²) in [4.78, 5) is 16.8. The summed E-state index contributed by atoms with van der Waals surface area (Å²) >= 11 is 0. The first-order valence-corrected chi connectivity index (χ1v) is 3.22. The van der Waals surface area contributed by atoms with Gasteiger partial charge in [-0.05, 0) is 6.42 Å². The Morgan fingerprint density at radius 2 is 2.70 bits per heavy atom. The Morgan fingerprint density at radius 1 is 1.80 bits per heavy atom. The molecule has 2 atom stereocenters. The van der Waals surface area contributed by atoms with Gasteiger partial charge in [-0.1, -0.05) is 5.18 Å². The van der Waals surface area contributed by atoms with Gasteiger partial charge in [0.05, 0.1) is 6.33 Å². The molecule has 0 bridgehead atoms. The largest absolute Gasteiger partial charge is 0.348 e. The number of nitroso groups, excluding NO2 is 1. The van der Waals surface area contributed by atoms with E-state index in [1.54, 1.807) is 12.5 Å². The number of aromatic nitrogens is 2. The van der Waals surface area contributed by atoms with Crippen LogP contribution in [0.1, 0.15) is 18.0 Å². The van der Waals surface area contributed by atoms with Crippen LogP contribution in [-0.2, 0) is 0 Å². The molecule has 0 saturated heterocycles. The Labute approximate surface area is 57.6 Å². The maximum atomic E-state index is 9.99. The fourth-order valence-corrected chi connectivity index (χ4v) is 1.10. The summed E-state index contributed by atoms with van der Waals surface area (Å²) in [7, 11) is 0. The number of hydrogen-bond donors (Lipinski definition) is 1. The number of aromatic amines is 1. The van der Waals surface area contributed by atoms with E-state index in [1.165, 1.54) is 0 Å². The predicted molar refractivity (Wildman–Crippen MR) is 35.5 cm³/mol. The van der Waals surface area contributed by atoms with Crippen molar-refractivity contribution in [3.8, 4) is 0 Å². The lowest BCUT2D eigenvalue weighted by Gasteiger charge is -1.85. The molecular weight excluding hydrogens is 130 g/mol. The zero-order valence-electron chi connectivity index (χ0n) is 5.32. The molecule has 0 aliphatic heterocycles. The van der Waals surface area contributed by atoms with E-state index in [0.29, 0.717) is 5.92 Å². The highest BCUT2D eigenvalue weighted by molar-refractivity contribution is 5.17. The first kappa shape index (κ1) is 5.58. The molecule has 1 N–H and O–H groups in total. The Kier molecular flexibility index (Phi) is 1.06. The average molecular weight is 137 g/mol. The second-order valence-corrected chi connectivity index (χ2v) is 2.52. The van der Waals surface area contributed by atoms with Crippen molar-refractivity contribution in [1.29, 1.82) is 0 Å². The summed E-state index contributed by atoms with van der Waals surface area (Å²) in [5.41, 5.74) is 1.03. The van der Waals surface area contributed by atoms with E-state index >= 15 is 0 Å². The highest BCUT2D eigenvalue weighted by Gasteiger charge is 2.40. The van der Waals surface area contributed by atoms with Crippen LogP contribution in [0.15, 0.2) is 17.7 Å². The second-order valence-electron chi connectivity index (χ2n) is 2.52. The van der Waals surface area contributed by atoms with Crippen molar-refractivity contribution in [2.45, 2.75) is 18.4 Å². The third kappa shape index (κ3) is 0.725. The van der Waals surface area contributed by atoms with E-state index in [1.807, 2.05) is 0 Å². The van der Waals surface area contributed by atoms with E-state index < -0.39 is 0 Å². The molecule has 10 heavy (non-hydrogen) atoms. The Morgan fingerprint density at radius 3 is 3.20 bits per heavy atom. The molecule has 0 radical (unpaired) electrons. The number of H-pyrrole nitrogens is 1. The van der Waals surface area contributed by atoms with Gasteiger partial charge < -0.3 is 4.98 Å². The third-order valence-electron chi connectivity index (χ3n) is 1.81. The van der Waals surface area contributed by atoms with Gasteiger partial charge in [-0.15, -0.1) is 0 Å². The van der Waals surface area contributed by atoms with Crippen molar-refractivity contribution < 1.29 is 0 Å². The summed E-state index contributed by atoms with van der Waals surface area (Å²) in [5.74, 6) is 0.319. The van der Waals surface area contributed by atoms with Gasteiger partial charge in [0.1, 0.15) is 6.04 Å². The van der Waals surface area contributed by atoms with Crippen molar-refractivity contribution in [2.24, 2.45) is 5.18 Å². The maximum Gasteiger partial charge on any atom is 0.101 e. The minimum absolute atomic E-state index is 0.000417. The molecule has 1 aliphatic rings. The molecule has 0 spiro atoms. The first-order valence-electron chi connectivity index (χ1n) is 3.22. The van der Waals surface area contributed by atoms with E-state index in [-0.39, 0.29) is 6.04 Å². The van der Waals surface area contributed by atoms with Crippen LogP contribution in [0.25, 0.3) is 0 Å².